The van der Waals surface area contributed by atoms with Crippen LogP contribution < -0.4 is 5.32 Å². The molecule has 3 fully saturated rings. The normalized spacial score (nSPS) is 26.2. The molecule has 4 heterocycles. The molecule has 232 valence electrons. The van der Waals surface area contributed by atoms with Crippen LogP contribution in [0.3, 0.4) is 0 Å². The lowest BCUT2D eigenvalue weighted by Crippen LogP contribution is -2.66. The monoisotopic (exact) mass is 602 g/mol. The molecular formula is C30H46N4O7Si. The Morgan fingerprint density at radius 1 is 1.14 bits per heavy atom. The number of hydrogen-bond acceptors (Lipinski definition) is 8. The number of esters is 1. The number of imide groups is 1. The van der Waals surface area contributed by atoms with Gasteiger partial charge < -0.3 is 29.0 Å². The molecule has 12 heteroatoms. The van der Waals surface area contributed by atoms with E-state index in [4.69, 9.17) is 13.9 Å². The number of ether oxygens (including phenoxy) is 2. The van der Waals surface area contributed by atoms with Crippen molar-refractivity contribution < 1.29 is 33.1 Å². The molecule has 0 aliphatic carbocycles. The third kappa shape index (κ3) is 5.80. The number of piperidine rings is 1. The van der Waals surface area contributed by atoms with Gasteiger partial charge in [0.1, 0.15) is 18.9 Å². The Balaban J connectivity index is 1.61. The molecule has 0 aromatic carbocycles. The number of β-lactam (4-membered cyclic amide) rings is 1. The van der Waals surface area contributed by atoms with Crippen LogP contribution in [-0.2, 0) is 23.5 Å². The zero-order chi connectivity index (χ0) is 31.0. The summed E-state index contributed by atoms with van der Waals surface area (Å²) in [6.45, 7) is 21.6. The number of likely N-dealkylation sites (tertiary alicyclic amines) is 1. The summed E-state index contributed by atoms with van der Waals surface area (Å²) in [5.41, 5.74) is 0.890. The van der Waals surface area contributed by atoms with E-state index in [0.717, 1.165) is 0 Å². The van der Waals surface area contributed by atoms with Crippen molar-refractivity contribution in [3.05, 3.63) is 36.6 Å². The summed E-state index contributed by atoms with van der Waals surface area (Å²) in [4.78, 5) is 58.1. The predicted molar refractivity (Wildman–Crippen MR) is 160 cm³/mol. The number of rotatable bonds is 9. The lowest BCUT2D eigenvalue weighted by molar-refractivity contribution is -0.163. The van der Waals surface area contributed by atoms with Gasteiger partial charge in [-0.05, 0) is 50.0 Å². The fraction of sp³-hybridized carbons (Fsp3) is 0.667. The number of nitrogens with zero attached hydrogens (tertiary/aromatic N) is 3. The average Bonchev–Trinajstić information content (AvgIpc) is 3.54. The summed E-state index contributed by atoms with van der Waals surface area (Å²) in [6.07, 6.45) is 3.03. The van der Waals surface area contributed by atoms with Gasteiger partial charge >= 0.3 is 18.1 Å². The molecule has 0 bridgehead atoms. The fourth-order valence-corrected chi connectivity index (χ4v) is 7.69. The molecule has 4 rings (SSSR count). The van der Waals surface area contributed by atoms with E-state index in [1.54, 1.807) is 9.80 Å². The van der Waals surface area contributed by atoms with Crippen LogP contribution in [0, 0.1) is 11.8 Å². The number of urea groups is 1. The van der Waals surface area contributed by atoms with Gasteiger partial charge in [-0.2, -0.15) is 0 Å². The molecule has 0 aromatic rings. The Morgan fingerprint density at radius 2 is 1.81 bits per heavy atom. The number of amides is 4. The van der Waals surface area contributed by atoms with E-state index >= 15 is 0 Å². The molecule has 4 aliphatic rings. The molecule has 11 nitrogen and oxygen atoms in total. The second kappa shape index (κ2) is 12.3. The van der Waals surface area contributed by atoms with E-state index in [2.05, 4.69) is 52.3 Å². The maximum absolute atomic E-state index is 13.8. The second-order valence-electron chi connectivity index (χ2n) is 13.1. The number of carbonyl (C=O) groups excluding carboxylic acids is 4. The van der Waals surface area contributed by atoms with Gasteiger partial charge in [-0.15, -0.1) is 0 Å². The summed E-state index contributed by atoms with van der Waals surface area (Å²) in [5.74, 6) is -1.30. The molecule has 0 spiro atoms. The number of carbonyl (C=O) groups is 4. The van der Waals surface area contributed by atoms with Gasteiger partial charge in [0.2, 0.25) is 5.91 Å². The quantitative estimate of drug-likeness (QED) is 0.184. The molecule has 3 saturated heterocycles. The third-order valence-corrected chi connectivity index (χ3v) is 14.0. The number of hydrogen-bond donors (Lipinski definition) is 1. The fourth-order valence-electron chi connectivity index (χ4n) is 6.26. The molecule has 0 radical (unpaired) electrons. The molecule has 4 amide bonds. The van der Waals surface area contributed by atoms with Gasteiger partial charge in [-0.3, -0.25) is 4.79 Å². The Kier molecular flexibility index (Phi) is 9.39. The van der Waals surface area contributed by atoms with Gasteiger partial charge in [0.25, 0.3) is 0 Å². The van der Waals surface area contributed by atoms with Crippen LogP contribution in [-0.4, -0.2) is 105 Å². The zero-order valence-electron chi connectivity index (χ0n) is 25.8. The SMILES string of the molecule is C=CCOC(=O)C1=C2CN(C(=O)N(C(=O)OCC=C)C3CCNC3)CC[C@@H]2[C@@H]2[C@@H]([C@@H](C)O[Si](C)(C)C(C)(C)C)C(=O)N12. The van der Waals surface area contributed by atoms with E-state index in [1.165, 1.54) is 17.1 Å². The second-order valence-corrected chi connectivity index (χ2v) is 17.8. The number of nitrogens with one attached hydrogen (secondary N) is 1. The van der Waals surface area contributed by atoms with Crippen molar-refractivity contribution in [2.24, 2.45) is 11.8 Å². The van der Waals surface area contributed by atoms with Crippen LogP contribution in [0.15, 0.2) is 36.6 Å². The smallest absolute Gasteiger partial charge is 0.418 e. The first-order chi connectivity index (χ1) is 19.7. The first-order valence-electron chi connectivity index (χ1n) is 14.8. The predicted octanol–water partition coefficient (Wildman–Crippen LogP) is 3.65. The minimum absolute atomic E-state index is 0.00153. The Morgan fingerprint density at radius 3 is 2.40 bits per heavy atom. The standard InChI is InChI=1S/C30H46N4O7Si/c1-9-15-39-27(36)25-22-18-32(28(37)33(20-11-13-31-17-20)29(38)40-16-10-2)14-12-21(22)24-23(26(35)34(24)25)19(3)41-42(7,8)30(4,5)6/h9-10,19-21,23-24,31H,1-2,11-18H2,3-8H3/t19-,20?,21+,23-,24-/m1/s1. The summed E-state index contributed by atoms with van der Waals surface area (Å²) in [5, 5.41) is 3.17. The molecule has 5 atom stereocenters. The van der Waals surface area contributed by atoms with Crippen LogP contribution >= 0.6 is 0 Å². The highest BCUT2D eigenvalue weighted by atomic mass is 28.4. The largest absolute Gasteiger partial charge is 0.457 e. The Hall–Kier alpha value is -2.96. The van der Waals surface area contributed by atoms with E-state index < -0.39 is 32.3 Å². The molecular weight excluding hydrogens is 556 g/mol. The zero-order valence-corrected chi connectivity index (χ0v) is 26.8. The highest BCUT2D eigenvalue weighted by molar-refractivity contribution is 6.74. The van der Waals surface area contributed by atoms with Crippen molar-refractivity contribution in [3.8, 4) is 0 Å². The van der Waals surface area contributed by atoms with E-state index in [1.807, 2.05) is 6.92 Å². The first-order valence-corrected chi connectivity index (χ1v) is 17.7. The molecule has 0 aromatic heterocycles. The highest BCUT2D eigenvalue weighted by Gasteiger charge is 2.63. The van der Waals surface area contributed by atoms with Gasteiger partial charge in [0, 0.05) is 25.6 Å². The van der Waals surface area contributed by atoms with Crippen molar-refractivity contribution >= 4 is 32.3 Å². The van der Waals surface area contributed by atoms with Crippen LogP contribution in [0.2, 0.25) is 18.1 Å². The van der Waals surface area contributed by atoms with E-state index in [0.29, 0.717) is 38.0 Å². The van der Waals surface area contributed by atoms with Gasteiger partial charge in [-0.25, -0.2) is 19.3 Å². The lowest BCUT2D eigenvalue weighted by Gasteiger charge is -2.51. The van der Waals surface area contributed by atoms with Crippen molar-refractivity contribution in [3.63, 3.8) is 0 Å². The van der Waals surface area contributed by atoms with Crippen molar-refractivity contribution in [2.75, 3.05) is 39.4 Å². The molecule has 4 aliphatic heterocycles. The molecule has 1 N–H and O–H groups in total. The third-order valence-electron chi connectivity index (χ3n) is 9.38. The van der Waals surface area contributed by atoms with Gasteiger partial charge in [-0.1, -0.05) is 46.1 Å². The molecule has 0 saturated carbocycles. The maximum atomic E-state index is 13.8. The lowest BCUT2D eigenvalue weighted by atomic mass is 9.74. The minimum Gasteiger partial charge on any atom is -0.457 e. The topological polar surface area (TPSA) is 118 Å². The van der Waals surface area contributed by atoms with Crippen LogP contribution in [0.5, 0.6) is 0 Å². The summed E-state index contributed by atoms with van der Waals surface area (Å²) >= 11 is 0. The van der Waals surface area contributed by atoms with Crippen molar-refractivity contribution in [2.45, 2.75) is 76.9 Å². The van der Waals surface area contributed by atoms with Crippen LogP contribution in [0.4, 0.5) is 9.59 Å². The van der Waals surface area contributed by atoms with Crippen LogP contribution in [0.1, 0.15) is 40.5 Å². The maximum Gasteiger partial charge on any atom is 0.418 e. The van der Waals surface area contributed by atoms with Gasteiger partial charge in [0.05, 0.1) is 24.1 Å². The molecule has 1 unspecified atom stereocenters. The van der Waals surface area contributed by atoms with Gasteiger partial charge in [0.15, 0.2) is 8.32 Å². The average molecular weight is 603 g/mol. The van der Waals surface area contributed by atoms with E-state index in [9.17, 15) is 19.2 Å². The van der Waals surface area contributed by atoms with Crippen molar-refractivity contribution in [1.29, 1.82) is 0 Å². The Labute approximate surface area is 250 Å². The van der Waals surface area contributed by atoms with Crippen LogP contribution in [0.25, 0.3) is 0 Å². The summed E-state index contributed by atoms with van der Waals surface area (Å²) < 4.78 is 17.3. The van der Waals surface area contributed by atoms with Crippen molar-refractivity contribution in [1.82, 2.24) is 20.0 Å². The highest BCUT2D eigenvalue weighted by Crippen LogP contribution is 2.51. The molecule has 42 heavy (non-hydrogen) atoms. The van der Waals surface area contributed by atoms with E-state index in [-0.39, 0.29) is 60.5 Å². The summed E-state index contributed by atoms with van der Waals surface area (Å²) in [6, 6.07) is -1.07. The Bertz CT molecular complexity index is 1160. The summed E-state index contributed by atoms with van der Waals surface area (Å²) in [7, 11) is -2.16. The first kappa shape index (κ1) is 32.0. The number of fused-ring (bicyclic) bond motifs is 3. The minimum atomic E-state index is -2.16.